The minimum absolute atomic E-state index is 0.0257. The van der Waals surface area contributed by atoms with Crippen LogP contribution >= 0.6 is 0 Å². The fourth-order valence-electron chi connectivity index (χ4n) is 16.9. The van der Waals surface area contributed by atoms with E-state index in [0.717, 1.165) is 18.4 Å². The van der Waals surface area contributed by atoms with Crippen LogP contribution < -0.4 is 0 Å². The molecule has 0 spiro atoms. The van der Waals surface area contributed by atoms with Crippen LogP contribution in [-0.4, -0.2) is 291 Å². The Bertz CT molecular complexity index is 2390. The Balaban J connectivity index is 0.884. The number of Topliss-reactive ketones (excluding diaryl/α,β-unsaturated/α-hetero) is 1. The summed E-state index contributed by atoms with van der Waals surface area (Å²) in [5.74, 6) is -0.836. The SMILES string of the molecule is C[C@H]1[C@H](O)[C@@H](O)[C@H](O[C@H]2[C@H](O[C@H](CC[C@@H](C)C3CC[C@@]4(C)C5CC=C6C(CC[C@H](O[C@@H]7O[C@H](CO[C@@H]8O[C@H](CO)[C@@H](O)[C@H](O)[C@H]8O)[C@@H](O)[C@H](O)[C@H]7O)C6(C)C)[C@]5(C)C(=O)C[C@]34C)C(C)(C)O)O[C@H](CO[C@@H]3O[C@H](CO)[C@@H](O)[C@H](O)[C@H]3O)[C@@H](O)[C@@H]2O)O[C@@H]1CO. The van der Waals surface area contributed by atoms with Crippen LogP contribution in [0.2, 0.25) is 0 Å². The van der Waals surface area contributed by atoms with Gasteiger partial charge in [-0.3, -0.25) is 4.79 Å². The molecular weight excluding hydrogens is 1180 g/mol. The van der Waals surface area contributed by atoms with Crippen LogP contribution in [0.15, 0.2) is 11.6 Å². The summed E-state index contributed by atoms with van der Waals surface area (Å²) in [4.78, 5) is 15.4. The molecule has 514 valence electrons. The second-order valence-corrected chi connectivity index (χ2v) is 28.9. The first-order chi connectivity index (χ1) is 41.6. The van der Waals surface area contributed by atoms with Crippen molar-refractivity contribution in [3.05, 3.63) is 11.6 Å². The molecule has 5 heterocycles. The highest BCUT2D eigenvalue weighted by molar-refractivity contribution is 5.88. The van der Waals surface area contributed by atoms with Gasteiger partial charge >= 0.3 is 0 Å². The van der Waals surface area contributed by atoms with Gasteiger partial charge in [0.25, 0.3) is 0 Å². The highest BCUT2D eigenvalue weighted by atomic mass is 16.8. The molecule has 17 N–H and O–H groups in total. The highest BCUT2D eigenvalue weighted by Gasteiger charge is 2.71. The molecule has 3 saturated carbocycles. The lowest BCUT2D eigenvalue weighted by Gasteiger charge is -2.65. The number of hydrogen-bond donors (Lipinski definition) is 17. The lowest BCUT2D eigenvalue weighted by molar-refractivity contribution is -0.378. The Morgan fingerprint density at radius 2 is 1.03 bits per heavy atom. The van der Waals surface area contributed by atoms with Gasteiger partial charge in [0.05, 0.1) is 63.1 Å². The minimum atomic E-state index is -1.90. The Morgan fingerprint density at radius 3 is 1.57 bits per heavy atom. The van der Waals surface area contributed by atoms with E-state index in [9.17, 15) is 86.8 Å². The maximum absolute atomic E-state index is 15.4. The molecule has 0 amide bonds. The Labute approximate surface area is 518 Å². The van der Waals surface area contributed by atoms with E-state index in [1.54, 1.807) is 6.92 Å². The third kappa shape index (κ3) is 13.0. The van der Waals surface area contributed by atoms with Gasteiger partial charge in [0.15, 0.2) is 31.5 Å². The number of ketones is 1. The predicted molar refractivity (Wildman–Crippen MR) is 302 cm³/mol. The average Bonchev–Trinajstić information content (AvgIpc) is 1.66. The highest BCUT2D eigenvalue weighted by Crippen LogP contribution is 2.74. The van der Waals surface area contributed by atoms with Gasteiger partial charge in [-0.25, -0.2) is 0 Å². The monoisotopic (exact) mass is 1280 g/mol. The molecule has 9 aliphatic rings. The number of carbonyl (C=O) groups excluding carboxylic acids is 1. The van der Waals surface area contributed by atoms with Crippen molar-refractivity contribution in [2.24, 2.45) is 51.2 Å². The summed E-state index contributed by atoms with van der Waals surface area (Å²) >= 11 is 0. The second-order valence-electron chi connectivity index (χ2n) is 28.9. The van der Waals surface area contributed by atoms with Gasteiger partial charge in [-0.15, -0.1) is 0 Å². The number of hydrogen-bond acceptors (Lipinski definition) is 28. The van der Waals surface area contributed by atoms with Crippen LogP contribution in [0.3, 0.4) is 0 Å². The molecular formula is C61H102O28. The van der Waals surface area contributed by atoms with Crippen molar-refractivity contribution < 1.29 is 139 Å². The van der Waals surface area contributed by atoms with E-state index in [1.165, 1.54) is 13.8 Å². The van der Waals surface area contributed by atoms with E-state index in [4.69, 9.17) is 47.4 Å². The number of aliphatic hydroxyl groups is 17. The van der Waals surface area contributed by atoms with Crippen molar-refractivity contribution in [1.82, 2.24) is 0 Å². The normalized spacial score (nSPS) is 51.0. The predicted octanol–water partition coefficient (Wildman–Crippen LogP) is -3.92. The zero-order valence-corrected chi connectivity index (χ0v) is 52.3. The fourth-order valence-corrected chi connectivity index (χ4v) is 16.9. The summed E-state index contributed by atoms with van der Waals surface area (Å²) in [6.07, 6.45) is -33.7. The zero-order valence-electron chi connectivity index (χ0n) is 52.3. The standard InChI is InChI=1S/C61H102O28/c1-24(10-14-37(58(5,6)79)88-56-51(89-55-47(75)38(66)25(2)29(19-62)82-55)46(74)42(70)33(86-56)23-81-53-49(77)44(72)40(68)31(21-64)84-53)26-16-17-59(7)34-13-11-27-28(61(34,9)35(65)18-60(26,59)8)12-15-36(57(27,3)4)87-54-50(78)45(73)41(69)32(85-54)22-80-52-48(76)43(71)39(67)30(20-63)83-52/h11,24-26,28-34,36-56,62-64,66-79H,10,12-23H2,1-9H3/t24-,25-,26?,28?,29-,30-,31-,32-,33-,34?,36+,37-,38+,39-,40-,41-,42-,43+,44+,45+,46+,47-,48-,49-,50-,51-,52-,53-,54+,55+,56+,59+,60-,61+/m1/s1. The molecule has 0 aromatic rings. The zero-order chi connectivity index (χ0) is 65.5. The largest absolute Gasteiger partial charge is 0.394 e. The van der Waals surface area contributed by atoms with Gasteiger partial charge in [0, 0.05) is 23.2 Å². The van der Waals surface area contributed by atoms with Crippen molar-refractivity contribution in [2.75, 3.05) is 33.0 Å². The Kier molecular flexibility index (Phi) is 22.1. The number of fused-ring (bicyclic) bond motifs is 5. The third-order valence-electron chi connectivity index (χ3n) is 23.0. The van der Waals surface area contributed by atoms with Crippen molar-refractivity contribution in [3.8, 4) is 0 Å². The first-order valence-corrected chi connectivity index (χ1v) is 31.7. The number of ether oxygens (including phenoxy) is 10. The van der Waals surface area contributed by atoms with Crippen molar-refractivity contribution in [2.45, 2.75) is 279 Å². The number of allylic oxidation sites excluding steroid dienone is 1. The van der Waals surface area contributed by atoms with Gasteiger partial charge in [-0.1, -0.05) is 60.1 Å². The Morgan fingerprint density at radius 1 is 0.562 bits per heavy atom. The van der Waals surface area contributed by atoms with Crippen LogP contribution in [0.1, 0.15) is 114 Å². The smallest absolute Gasteiger partial charge is 0.187 e. The molecule has 3 unspecified atom stereocenters. The van der Waals surface area contributed by atoms with E-state index in [-0.39, 0.29) is 41.3 Å². The third-order valence-corrected chi connectivity index (χ3v) is 23.0. The molecule has 28 heteroatoms. The van der Waals surface area contributed by atoms with Gasteiger partial charge in [-0.05, 0) is 93.3 Å². The maximum Gasteiger partial charge on any atom is 0.187 e. The number of rotatable bonds is 20. The summed E-state index contributed by atoms with van der Waals surface area (Å²) in [6, 6.07) is 0. The molecule has 0 aromatic carbocycles. The molecule has 0 bridgehead atoms. The second kappa shape index (κ2) is 27.4. The average molecular weight is 1280 g/mol. The summed E-state index contributed by atoms with van der Waals surface area (Å²) in [6.45, 7) is 14.2. The van der Waals surface area contributed by atoms with Crippen molar-refractivity contribution in [3.63, 3.8) is 0 Å². The molecule has 0 aromatic heterocycles. The number of aliphatic hydroxyl groups excluding tert-OH is 16. The van der Waals surface area contributed by atoms with Crippen LogP contribution in [0.4, 0.5) is 0 Å². The molecule has 9 rings (SSSR count). The minimum Gasteiger partial charge on any atom is -0.394 e. The lowest BCUT2D eigenvalue weighted by atomic mass is 9.38. The van der Waals surface area contributed by atoms with E-state index >= 15 is 4.79 Å². The molecule has 28 nitrogen and oxygen atoms in total. The summed E-state index contributed by atoms with van der Waals surface area (Å²) < 4.78 is 59.8. The lowest BCUT2D eigenvalue weighted by Crippen LogP contribution is -2.65. The molecule has 5 aliphatic heterocycles. The van der Waals surface area contributed by atoms with Crippen molar-refractivity contribution >= 4 is 5.78 Å². The molecule has 0 radical (unpaired) electrons. The maximum atomic E-state index is 15.4. The summed E-state index contributed by atoms with van der Waals surface area (Å²) in [5, 5.41) is 182. The van der Waals surface area contributed by atoms with Gasteiger partial charge in [-0.2, -0.15) is 0 Å². The first-order valence-electron chi connectivity index (χ1n) is 31.7. The quantitative estimate of drug-likeness (QED) is 0.0518. The van der Waals surface area contributed by atoms with Gasteiger partial charge in [0.2, 0.25) is 0 Å². The van der Waals surface area contributed by atoms with E-state index in [1.807, 2.05) is 13.8 Å². The summed E-state index contributed by atoms with van der Waals surface area (Å²) in [7, 11) is 0. The van der Waals surface area contributed by atoms with Gasteiger partial charge < -0.3 is 134 Å². The fraction of sp³-hybridized carbons (Fsp3) is 0.951. The van der Waals surface area contributed by atoms with Crippen LogP contribution in [0.5, 0.6) is 0 Å². The summed E-state index contributed by atoms with van der Waals surface area (Å²) in [5.41, 5.74) is -2.86. The molecule has 4 aliphatic carbocycles. The van der Waals surface area contributed by atoms with Gasteiger partial charge in [0.1, 0.15) is 110 Å². The molecule has 8 fully saturated rings. The van der Waals surface area contributed by atoms with E-state index in [2.05, 4.69) is 33.8 Å². The van der Waals surface area contributed by atoms with Crippen LogP contribution in [-0.2, 0) is 52.2 Å². The molecule has 34 atom stereocenters. The van der Waals surface area contributed by atoms with Crippen LogP contribution in [0.25, 0.3) is 0 Å². The van der Waals surface area contributed by atoms with Crippen LogP contribution in [0, 0.1) is 51.2 Å². The molecule has 89 heavy (non-hydrogen) atoms. The van der Waals surface area contributed by atoms with Crippen molar-refractivity contribution in [1.29, 1.82) is 0 Å². The molecule has 5 saturated heterocycles. The van der Waals surface area contributed by atoms with E-state index in [0.29, 0.717) is 32.1 Å². The topological polar surface area (TPSA) is 453 Å². The first kappa shape index (κ1) is 71.6. The number of carbonyl (C=O) groups is 1. The Hall–Kier alpha value is -1.67. The van der Waals surface area contributed by atoms with E-state index < -0.39 is 220 Å².